The zero-order valence-corrected chi connectivity index (χ0v) is 15.2. The van der Waals surface area contributed by atoms with Crippen molar-refractivity contribution >= 4 is 15.9 Å². The second-order valence-electron chi connectivity index (χ2n) is 5.76. The van der Waals surface area contributed by atoms with Crippen LogP contribution in [0.1, 0.15) is 78.1 Å². The van der Waals surface area contributed by atoms with Crippen molar-refractivity contribution in [3.05, 3.63) is 16.4 Å². The van der Waals surface area contributed by atoms with E-state index in [2.05, 4.69) is 65.6 Å². The maximum Gasteiger partial charge on any atom is 0.0701 e. The molecule has 20 heavy (non-hydrogen) atoms. The summed E-state index contributed by atoms with van der Waals surface area (Å²) >= 11 is 3.70. The van der Waals surface area contributed by atoms with Crippen molar-refractivity contribution in [2.45, 2.75) is 72.4 Å². The second-order valence-corrected chi connectivity index (χ2v) is 6.62. The third kappa shape index (κ3) is 4.32. The summed E-state index contributed by atoms with van der Waals surface area (Å²) in [4.78, 5) is 0. The van der Waals surface area contributed by atoms with Crippen LogP contribution >= 0.6 is 15.9 Å². The molecule has 2 atom stereocenters. The molecule has 0 aliphatic heterocycles. The van der Waals surface area contributed by atoms with Gasteiger partial charge in [0.25, 0.3) is 0 Å². The number of hydrogen-bond donors (Lipinski definition) is 1. The molecule has 1 N–H and O–H groups in total. The molecule has 0 spiro atoms. The van der Waals surface area contributed by atoms with Crippen LogP contribution < -0.4 is 5.32 Å². The molecule has 0 aliphatic carbocycles. The molecule has 1 aromatic heterocycles. The zero-order valence-electron chi connectivity index (χ0n) is 13.6. The fourth-order valence-electron chi connectivity index (χ4n) is 2.83. The Morgan fingerprint density at radius 2 is 2.00 bits per heavy atom. The first-order valence-electron chi connectivity index (χ1n) is 8.02. The Labute approximate surface area is 132 Å². The minimum absolute atomic E-state index is 0.385. The summed E-state index contributed by atoms with van der Waals surface area (Å²) in [6.45, 7) is 12.1. The van der Waals surface area contributed by atoms with E-state index in [4.69, 9.17) is 0 Å². The van der Waals surface area contributed by atoms with Crippen LogP contribution in [0.15, 0.2) is 10.7 Å². The number of halogens is 1. The molecule has 0 aliphatic rings. The van der Waals surface area contributed by atoms with E-state index in [0.717, 1.165) is 11.0 Å². The first-order chi connectivity index (χ1) is 9.56. The van der Waals surface area contributed by atoms with E-state index in [0.29, 0.717) is 18.0 Å². The fraction of sp³-hybridized carbons (Fsp3) is 0.812. The summed E-state index contributed by atoms with van der Waals surface area (Å²) in [6, 6.07) is 0.775. The third-order valence-electron chi connectivity index (χ3n) is 3.92. The standard InChI is InChI=1S/C16H30BrN3/c1-6-9-10-13(7-2)15(18-8-3)16-14(17)11-19-20(16)12(4)5/h11-13,15,18H,6-10H2,1-5H3. The fourth-order valence-corrected chi connectivity index (χ4v) is 3.35. The van der Waals surface area contributed by atoms with Gasteiger partial charge in [0.15, 0.2) is 0 Å². The summed E-state index contributed by atoms with van der Waals surface area (Å²) in [6.07, 6.45) is 6.98. The van der Waals surface area contributed by atoms with Crippen LogP contribution in [0.5, 0.6) is 0 Å². The highest BCUT2D eigenvalue weighted by Gasteiger charge is 2.27. The number of unbranched alkanes of at least 4 members (excludes halogenated alkanes) is 1. The molecule has 2 unspecified atom stereocenters. The Balaban J connectivity index is 3.08. The number of nitrogens with zero attached hydrogens (tertiary/aromatic N) is 2. The summed E-state index contributed by atoms with van der Waals surface area (Å²) in [7, 11) is 0. The van der Waals surface area contributed by atoms with Crippen LogP contribution in [0.25, 0.3) is 0 Å². The Morgan fingerprint density at radius 1 is 1.30 bits per heavy atom. The number of nitrogens with one attached hydrogen (secondary N) is 1. The predicted molar refractivity (Wildman–Crippen MR) is 90.0 cm³/mol. The molecule has 0 aromatic carbocycles. The molecule has 0 saturated carbocycles. The summed E-state index contributed by atoms with van der Waals surface area (Å²) < 4.78 is 3.29. The van der Waals surface area contributed by atoms with E-state index in [1.54, 1.807) is 0 Å². The lowest BCUT2D eigenvalue weighted by Crippen LogP contribution is -2.31. The lowest BCUT2D eigenvalue weighted by Gasteiger charge is -2.29. The maximum absolute atomic E-state index is 4.55. The molecular formula is C16H30BrN3. The van der Waals surface area contributed by atoms with Gasteiger partial charge in [-0.05, 0) is 48.7 Å². The van der Waals surface area contributed by atoms with Gasteiger partial charge in [0.2, 0.25) is 0 Å². The molecule has 0 bridgehead atoms. The van der Waals surface area contributed by atoms with Crippen LogP contribution in [0.4, 0.5) is 0 Å². The largest absolute Gasteiger partial charge is 0.309 e. The van der Waals surface area contributed by atoms with E-state index in [9.17, 15) is 0 Å². The van der Waals surface area contributed by atoms with Gasteiger partial charge in [-0.25, -0.2) is 0 Å². The molecule has 116 valence electrons. The smallest absolute Gasteiger partial charge is 0.0701 e. The number of aromatic nitrogens is 2. The second kappa shape index (κ2) is 8.83. The number of rotatable bonds is 9. The minimum atomic E-state index is 0.385. The van der Waals surface area contributed by atoms with Gasteiger partial charge in [-0.3, -0.25) is 4.68 Å². The molecule has 0 fully saturated rings. The number of hydrogen-bond acceptors (Lipinski definition) is 2. The van der Waals surface area contributed by atoms with Crippen molar-refractivity contribution in [3.63, 3.8) is 0 Å². The van der Waals surface area contributed by atoms with Gasteiger partial charge < -0.3 is 5.32 Å². The molecule has 1 heterocycles. The SMILES string of the molecule is CCCCC(CC)C(NCC)c1c(Br)cnn1C(C)C. The van der Waals surface area contributed by atoms with Crippen LogP contribution in [0.3, 0.4) is 0 Å². The van der Waals surface area contributed by atoms with E-state index in [1.165, 1.54) is 31.4 Å². The van der Waals surface area contributed by atoms with Crippen molar-refractivity contribution in [1.29, 1.82) is 0 Å². The Kier molecular flexibility index (Phi) is 7.82. The van der Waals surface area contributed by atoms with Crippen LogP contribution in [0.2, 0.25) is 0 Å². The first-order valence-corrected chi connectivity index (χ1v) is 8.82. The van der Waals surface area contributed by atoms with E-state index < -0.39 is 0 Å². The first kappa shape index (κ1) is 17.7. The van der Waals surface area contributed by atoms with E-state index in [-0.39, 0.29) is 0 Å². The van der Waals surface area contributed by atoms with Crippen molar-refractivity contribution in [2.24, 2.45) is 5.92 Å². The third-order valence-corrected chi connectivity index (χ3v) is 4.53. The highest BCUT2D eigenvalue weighted by Crippen LogP contribution is 2.34. The highest BCUT2D eigenvalue weighted by atomic mass is 79.9. The Bertz CT molecular complexity index is 387. The molecule has 0 radical (unpaired) electrons. The van der Waals surface area contributed by atoms with Gasteiger partial charge in [0.05, 0.1) is 22.4 Å². The molecular weight excluding hydrogens is 314 g/mol. The summed E-state index contributed by atoms with van der Waals surface area (Å²) in [5.41, 5.74) is 1.31. The van der Waals surface area contributed by atoms with E-state index in [1.807, 2.05) is 6.20 Å². The average molecular weight is 344 g/mol. The van der Waals surface area contributed by atoms with Gasteiger partial charge >= 0.3 is 0 Å². The maximum atomic E-state index is 4.55. The van der Waals surface area contributed by atoms with Crippen LogP contribution in [-0.2, 0) is 0 Å². The molecule has 3 nitrogen and oxygen atoms in total. The zero-order chi connectivity index (χ0) is 15.1. The normalized spacial score (nSPS) is 14.8. The van der Waals surface area contributed by atoms with Gasteiger partial charge in [-0.15, -0.1) is 0 Å². The van der Waals surface area contributed by atoms with Crippen molar-refractivity contribution in [1.82, 2.24) is 15.1 Å². The topological polar surface area (TPSA) is 29.9 Å². The molecule has 0 amide bonds. The monoisotopic (exact) mass is 343 g/mol. The minimum Gasteiger partial charge on any atom is -0.309 e. The van der Waals surface area contributed by atoms with E-state index >= 15 is 0 Å². The molecule has 1 aromatic rings. The van der Waals surface area contributed by atoms with Crippen molar-refractivity contribution in [3.8, 4) is 0 Å². The Morgan fingerprint density at radius 3 is 2.50 bits per heavy atom. The van der Waals surface area contributed by atoms with Crippen molar-refractivity contribution < 1.29 is 0 Å². The predicted octanol–water partition coefficient (Wildman–Crippen LogP) is 5.09. The summed E-state index contributed by atoms with van der Waals surface area (Å²) in [5.74, 6) is 0.667. The van der Waals surface area contributed by atoms with Gasteiger partial charge in [-0.2, -0.15) is 5.10 Å². The molecule has 4 heteroatoms. The van der Waals surface area contributed by atoms with Gasteiger partial charge in [-0.1, -0.05) is 40.0 Å². The van der Waals surface area contributed by atoms with Gasteiger partial charge in [0.1, 0.15) is 0 Å². The highest BCUT2D eigenvalue weighted by molar-refractivity contribution is 9.10. The average Bonchev–Trinajstić information content (AvgIpc) is 2.80. The van der Waals surface area contributed by atoms with Crippen molar-refractivity contribution in [2.75, 3.05) is 6.54 Å². The molecule has 1 rings (SSSR count). The lowest BCUT2D eigenvalue weighted by atomic mass is 9.89. The molecule has 0 saturated heterocycles. The lowest BCUT2D eigenvalue weighted by molar-refractivity contribution is 0.305. The Hall–Kier alpha value is -0.350. The van der Waals surface area contributed by atoms with Crippen LogP contribution in [0, 0.1) is 5.92 Å². The van der Waals surface area contributed by atoms with Crippen LogP contribution in [-0.4, -0.2) is 16.3 Å². The quantitative estimate of drug-likeness (QED) is 0.676. The van der Waals surface area contributed by atoms with Gasteiger partial charge in [0, 0.05) is 6.04 Å². The summed E-state index contributed by atoms with van der Waals surface area (Å²) in [5, 5.41) is 8.24.